The highest BCUT2D eigenvalue weighted by molar-refractivity contribution is 5.81. The second-order valence-corrected chi connectivity index (χ2v) is 8.13. The maximum absolute atomic E-state index is 12.9. The minimum Gasteiger partial charge on any atom is -0.348 e. The van der Waals surface area contributed by atoms with Crippen LogP contribution in [0.4, 0.5) is 0 Å². The first-order chi connectivity index (χ1) is 13.7. The summed E-state index contributed by atoms with van der Waals surface area (Å²) in [5.74, 6) is 0.165. The molecule has 1 saturated heterocycles. The summed E-state index contributed by atoms with van der Waals surface area (Å²) < 4.78 is 0. The molecule has 4 heteroatoms. The Bertz CT molecular complexity index is 783. The predicted molar refractivity (Wildman–Crippen MR) is 113 cm³/mol. The fourth-order valence-electron chi connectivity index (χ4n) is 4.51. The lowest BCUT2D eigenvalue weighted by atomic mass is 9.87. The van der Waals surface area contributed by atoms with Gasteiger partial charge in [-0.05, 0) is 42.9 Å². The van der Waals surface area contributed by atoms with Gasteiger partial charge in [-0.3, -0.25) is 14.6 Å². The first kappa shape index (κ1) is 19.2. The van der Waals surface area contributed by atoms with Gasteiger partial charge in [-0.25, -0.2) is 0 Å². The van der Waals surface area contributed by atoms with Gasteiger partial charge in [0.25, 0.3) is 0 Å². The largest absolute Gasteiger partial charge is 0.348 e. The number of hydrogen-bond donors (Lipinski definition) is 1. The number of hydrogen-bond acceptors (Lipinski definition) is 3. The Hall–Kier alpha value is -2.17. The summed E-state index contributed by atoms with van der Waals surface area (Å²) in [5, 5.41) is 3.33. The van der Waals surface area contributed by atoms with E-state index in [1.165, 1.54) is 16.7 Å². The van der Waals surface area contributed by atoms with E-state index in [9.17, 15) is 4.79 Å². The zero-order valence-electron chi connectivity index (χ0n) is 16.8. The maximum Gasteiger partial charge on any atom is 0.237 e. The zero-order valence-corrected chi connectivity index (χ0v) is 16.8. The van der Waals surface area contributed by atoms with E-state index in [1.807, 2.05) is 0 Å². The van der Waals surface area contributed by atoms with Crippen molar-refractivity contribution in [1.82, 2.24) is 15.1 Å². The van der Waals surface area contributed by atoms with Gasteiger partial charge in [-0.1, -0.05) is 54.6 Å². The fraction of sp³-hybridized carbons (Fsp3) is 0.458. The van der Waals surface area contributed by atoms with E-state index in [4.69, 9.17) is 0 Å². The third-order valence-electron chi connectivity index (χ3n) is 6.27. The first-order valence-electron chi connectivity index (χ1n) is 10.6. The average Bonchev–Trinajstić information content (AvgIpc) is 2.75. The number of nitrogens with one attached hydrogen (secondary N) is 1. The van der Waals surface area contributed by atoms with E-state index in [0.29, 0.717) is 0 Å². The number of rotatable bonds is 5. The molecule has 1 aliphatic carbocycles. The van der Waals surface area contributed by atoms with Crippen molar-refractivity contribution >= 4 is 5.91 Å². The van der Waals surface area contributed by atoms with Crippen LogP contribution in [0.1, 0.15) is 42.5 Å². The molecule has 0 radical (unpaired) electrons. The van der Waals surface area contributed by atoms with E-state index in [1.54, 1.807) is 0 Å². The lowest BCUT2D eigenvalue weighted by molar-refractivity contribution is -0.127. The highest BCUT2D eigenvalue weighted by Crippen LogP contribution is 2.29. The van der Waals surface area contributed by atoms with Crippen LogP contribution >= 0.6 is 0 Å². The molecular weight excluding hydrogens is 346 g/mol. The highest BCUT2D eigenvalue weighted by Gasteiger charge is 2.28. The number of carbonyl (C=O) groups is 1. The van der Waals surface area contributed by atoms with Crippen molar-refractivity contribution in [2.24, 2.45) is 0 Å². The molecule has 2 aromatic carbocycles. The summed E-state index contributed by atoms with van der Waals surface area (Å²) in [7, 11) is 0. The van der Waals surface area contributed by atoms with Gasteiger partial charge in [0.2, 0.25) is 5.91 Å². The molecule has 0 bridgehead atoms. The molecule has 1 amide bonds. The van der Waals surface area contributed by atoms with E-state index in [0.717, 1.165) is 52.0 Å². The SMILES string of the molecule is C[C@@H](C(=O)N[C@@H]1CCCc2ccccc21)N1CCN(Cc2ccccc2)CC1. The summed E-state index contributed by atoms with van der Waals surface area (Å²) in [6, 6.07) is 19.3. The van der Waals surface area contributed by atoms with Gasteiger partial charge >= 0.3 is 0 Å². The van der Waals surface area contributed by atoms with E-state index in [-0.39, 0.29) is 18.0 Å². The number of amides is 1. The van der Waals surface area contributed by atoms with Crippen LogP contribution in [0.2, 0.25) is 0 Å². The molecule has 148 valence electrons. The molecule has 1 fully saturated rings. The molecule has 0 spiro atoms. The Balaban J connectivity index is 1.29. The Labute approximate surface area is 168 Å². The molecule has 1 N–H and O–H groups in total. The van der Waals surface area contributed by atoms with Crippen LogP contribution in [0.3, 0.4) is 0 Å². The van der Waals surface area contributed by atoms with Crippen molar-refractivity contribution in [3.63, 3.8) is 0 Å². The molecule has 0 aromatic heterocycles. The van der Waals surface area contributed by atoms with Gasteiger partial charge in [-0.15, -0.1) is 0 Å². The van der Waals surface area contributed by atoms with Crippen LogP contribution < -0.4 is 5.32 Å². The number of carbonyl (C=O) groups excluding carboxylic acids is 1. The summed E-state index contributed by atoms with van der Waals surface area (Å²) >= 11 is 0. The standard InChI is InChI=1S/C24H31N3O/c1-19(24(28)25-23-13-7-11-21-10-5-6-12-22(21)23)27-16-14-26(15-17-27)18-20-8-3-2-4-9-20/h2-6,8-10,12,19,23H,7,11,13-18H2,1H3,(H,25,28)/t19-,23+/m0/s1. The van der Waals surface area contributed by atoms with Crippen LogP contribution in [0.15, 0.2) is 54.6 Å². The molecule has 1 aliphatic heterocycles. The van der Waals surface area contributed by atoms with Crippen LogP contribution in [-0.4, -0.2) is 47.9 Å². The lowest BCUT2D eigenvalue weighted by Gasteiger charge is -2.38. The van der Waals surface area contributed by atoms with Gasteiger partial charge < -0.3 is 5.32 Å². The monoisotopic (exact) mass is 377 g/mol. The van der Waals surface area contributed by atoms with Crippen molar-refractivity contribution in [2.45, 2.75) is 44.8 Å². The Morgan fingerprint density at radius 1 is 1.04 bits per heavy atom. The van der Waals surface area contributed by atoms with Crippen LogP contribution in [0, 0.1) is 0 Å². The molecule has 2 atom stereocenters. The highest BCUT2D eigenvalue weighted by atomic mass is 16.2. The molecule has 0 unspecified atom stereocenters. The van der Waals surface area contributed by atoms with E-state index < -0.39 is 0 Å². The summed E-state index contributed by atoms with van der Waals surface area (Å²) in [4.78, 5) is 17.7. The number of piperazine rings is 1. The van der Waals surface area contributed by atoms with Crippen molar-refractivity contribution in [3.05, 3.63) is 71.3 Å². The molecule has 1 heterocycles. The minimum atomic E-state index is -0.0760. The zero-order chi connectivity index (χ0) is 19.3. The van der Waals surface area contributed by atoms with Gasteiger partial charge in [0.15, 0.2) is 0 Å². The number of fused-ring (bicyclic) bond motifs is 1. The summed E-state index contributed by atoms with van der Waals surface area (Å²) in [6.45, 7) is 6.97. The van der Waals surface area contributed by atoms with Crippen LogP contribution in [0.25, 0.3) is 0 Å². The topological polar surface area (TPSA) is 35.6 Å². The first-order valence-corrected chi connectivity index (χ1v) is 10.6. The molecule has 2 aliphatic rings. The maximum atomic E-state index is 12.9. The second kappa shape index (κ2) is 8.89. The fourth-order valence-corrected chi connectivity index (χ4v) is 4.51. The summed E-state index contributed by atoms with van der Waals surface area (Å²) in [6.07, 6.45) is 3.32. The van der Waals surface area contributed by atoms with Crippen molar-refractivity contribution in [2.75, 3.05) is 26.2 Å². The number of nitrogens with zero attached hydrogens (tertiary/aromatic N) is 2. The molecule has 4 rings (SSSR count). The van der Waals surface area contributed by atoms with Crippen molar-refractivity contribution in [1.29, 1.82) is 0 Å². The van der Waals surface area contributed by atoms with E-state index >= 15 is 0 Å². The van der Waals surface area contributed by atoms with Crippen LogP contribution in [-0.2, 0) is 17.8 Å². The number of aryl methyl sites for hydroxylation is 1. The third-order valence-corrected chi connectivity index (χ3v) is 6.27. The molecular formula is C24H31N3O. The van der Waals surface area contributed by atoms with Crippen LogP contribution in [0.5, 0.6) is 0 Å². The van der Waals surface area contributed by atoms with E-state index in [2.05, 4.69) is 76.6 Å². The predicted octanol–water partition coefficient (Wildman–Crippen LogP) is 3.39. The number of benzene rings is 2. The summed E-state index contributed by atoms with van der Waals surface area (Å²) in [5.41, 5.74) is 4.06. The van der Waals surface area contributed by atoms with Gasteiger partial charge in [0, 0.05) is 32.7 Å². The van der Waals surface area contributed by atoms with Crippen molar-refractivity contribution < 1.29 is 4.79 Å². The molecule has 28 heavy (non-hydrogen) atoms. The normalized spacial score (nSPS) is 21.7. The molecule has 0 saturated carbocycles. The Kier molecular flexibility index (Phi) is 6.08. The average molecular weight is 378 g/mol. The molecule has 2 aromatic rings. The van der Waals surface area contributed by atoms with Gasteiger partial charge in [0.05, 0.1) is 12.1 Å². The Morgan fingerprint density at radius 2 is 1.75 bits per heavy atom. The van der Waals surface area contributed by atoms with Gasteiger partial charge in [0.1, 0.15) is 0 Å². The Morgan fingerprint density at radius 3 is 2.54 bits per heavy atom. The quantitative estimate of drug-likeness (QED) is 0.868. The third kappa shape index (κ3) is 4.45. The molecule has 4 nitrogen and oxygen atoms in total. The second-order valence-electron chi connectivity index (χ2n) is 8.13. The smallest absolute Gasteiger partial charge is 0.237 e. The van der Waals surface area contributed by atoms with Crippen molar-refractivity contribution in [3.8, 4) is 0 Å². The van der Waals surface area contributed by atoms with Gasteiger partial charge in [-0.2, -0.15) is 0 Å². The lowest BCUT2D eigenvalue weighted by Crippen LogP contribution is -2.54. The minimum absolute atomic E-state index is 0.0760.